The van der Waals surface area contributed by atoms with E-state index in [0.29, 0.717) is 5.75 Å². The van der Waals surface area contributed by atoms with Crippen LogP contribution < -0.4 is 10.1 Å². The summed E-state index contributed by atoms with van der Waals surface area (Å²) < 4.78 is 8.46. The molecule has 0 aliphatic heterocycles. The molecule has 0 aliphatic rings. The van der Waals surface area contributed by atoms with Gasteiger partial charge in [-0.2, -0.15) is 9.78 Å². The van der Waals surface area contributed by atoms with E-state index in [1.807, 2.05) is 32.9 Å². The number of aromatic nitrogens is 5. The predicted molar refractivity (Wildman–Crippen MR) is 126 cm³/mol. The summed E-state index contributed by atoms with van der Waals surface area (Å²) in [4.78, 5) is 37.2. The number of rotatable bonds is 8. The van der Waals surface area contributed by atoms with Gasteiger partial charge in [-0.15, -0.1) is 0 Å². The first-order valence-electron chi connectivity index (χ1n) is 10.5. The first kappa shape index (κ1) is 24.0. The number of nitro groups is 2. The summed E-state index contributed by atoms with van der Waals surface area (Å²) in [6.07, 6.45) is 2.65. The molecule has 0 bridgehead atoms. The lowest BCUT2D eigenvalue weighted by Crippen LogP contribution is -2.15. The fourth-order valence-electron chi connectivity index (χ4n) is 3.40. The third-order valence-corrected chi connectivity index (χ3v) is 5.20. The lowest BCUT2D eigenvalue weighted by Gasteiger charge is -2.13. The second kappa shape index (κ2) is 9.61. The summed E-state index contributed by atoms with van der Waals surface area (Å²) in [5.41, 5.74) is 2.78. The van der Waals surface area contributed by atoms with Crippen LogP contribution in [0.15, 0.2) is 48.9 Å². The number of aryl methyl sites for hydroxylation is 2. The van der Waals surface area contributed by atoms with Gasteiger partial charge in [-0.05, 0) is 54.5 Å². The summed E-state index contributed by atoms with van der Waals surface area (Å²) >= 11 is 0. The van der Waals surface area contributed by atoms with Crippen LogP contribution in [0.5, 0.6) is 11.5 Å². The van der Waals surface area contributed by atoms with Gasteiger partial charge in [0.2, 0.25) is 6.33 Å². The van der Waals surface area contributed by atoms with E-state index in [0.717, 1.165) is 16.7 Å². The summed E-state index contributed by atoms with van der Waals surface area (Å²) in [6, 6.07) is 9.23. The van der Waals surface area contributed by atoms with Gasteiger partial charge in [0.1, 0.15) is 11.5 Å². The zero-order valence-corrected chi connectivity index (χ0v) is 19.4. The van der Waals surface area contributed by atoms with Crippen molar-refractivity contribution in [1.82, 2.24) is 24.5 Å². The van der Waals surface area contributed by atoms with Crippen LogP contribution in [0.4, 0.5) is 17.3 Å². The van der Waals surface area contributed by atoms with Gasteiger partial charge in [0, 0.05) is 23.4 Å². The molecule has 36 heavy (non-hydrogen) atoms. The van der Waals surface area contributed by atoms with E-state index in [1.165, 1.54) is 46.2 Å². The van der Waals surface area contributed by atoms with Crippen LogP contribution in [0.2, 0.25) is 0 Å². The minimum atomic E-state index is -0.725. The van der Waals surface area contributed by atoms with Crippen molar-refractivity contribution < 1.29 is 19.4 Å². The number of nitrogens with zero attached hydrogens (tertiary/aromatic N) is 7. The summed E-state index contributed by atoms with van der Waals surface area (Å²) in [5, 5.41) is 32.6. The van der Waals surface area contributed by atoms with Gasteiger partial charge >= 0.3 is 5.95 Å². The van der Waals surface area contributed by atoms with E-state index in [-0.39, 0.29) is 29.5 Å². The smallest absolute Gasteiger partial charge is 0.457 e. The Bertz CT molecular complexity index is 1490. The van der Waals surface area contributed by atoms with Crippen molar-refractivity contribution in [2.75, 3.05) is 5.32 Å². The Labute approximate surface area is 203 Å². The summed E-state index contributed by atoms with van der Waals surface area (Å²) in [7, 11) is 0. The molecule has 0 fully saturated rings. The third-order valence-electron chi connectivity index (χ3n) is 5.20. The monoisotopic (exact) mass is 492 g/mol. The molecule has 1 N–H and O–H groups in total. The van der Waals surface area contributed by atoms with Crippen molar-refractivity contribution in [2.24, 2.45) is 0 Å². The molecule has 14 heteroatoms. The minimum absolute atomic E-state index is 0.0157. The molecule has 0 unspecified atom stereocenters. The molecule has 0 saturated carbocycles. The van der Waals surface area contributed by atoms with Crippen molar-refractivity contribution in [3.8, 4) is 11.5 Å². The zero-order chi connectivity index (χ0) is 26.0. The quantitative estimate of drug-likeness (QED) is 0.284. The van der Waals surface area contributed by atoms with Crippen LogP contribution in [0.1, 0.15) is 27.2 Å². The lowest BCUT2D eigenvalue weighted by atomic mass is 10.1. The van der Waals surface area contributed by atoms with E-state index in [9.17, 15) is 25.0 Å². The number of non-ortho nitro benzene ring substituents is 1. The van der Waals surface area contributed by atoms with Crippen LogP contribution in [0.3, 0.4) is 0 Å². The van der Waals surface area contributed by atoms with Crippen LogP contribution in [0, 0.1) is 41.0 Å². The van der Waals surface area contributed by atoms with E-state index in [1.54, 1.807) is 0 Å². The van der Waals surface area contributed by atoms with Gasteiger partial charge in [-0.1, -0.05) is 11.1 Å². The van der Waals surface area contributed by atoms with Crippen LogP contribution in [-0.2, 0) is 6.67 Å². The normalized spacial score (nSPS) is 10.8. The predicted octanol–water partition coefficient (Wildman–Crippen LogP) is 3.77. The number of carbonyl (C=O) groups is 1. The Morgan fingerprint density at radius 2 is 1.81 bits per heavy atom. The Kier molecular flexibility index (Phi) is 6.41. The Hall–Kier alpha value is -5.14. The first-order chi connectivity index (χ1) is 17.1. The molecule has 4 rings (SSSR count). The maximum atomic E-state index is 12.7. The third kappa shape index (κ3) is 5.32. The maximum Gasteiger partial charge on any atom is 0.491 e. The molecular formula is C22H20N8O6. The SMILES string of the molecule is Cc1cc(C)c(C)c(Oc2cc(NC(=O)c3ccn(Cn4cnc([N+](=O)[O-])n4)n3)cc([N+](=O)[O-])c2)c1. The number of carbonyl (C=O) groups excluding carboxylic acids is 1. The first-order valence-corrected chi connectivity index (χ1v) is 10.5. The number of amides is 1. The Morgan fingerprint density at radius 3 is 2.50 bits per heavy atom. The molecule has 184 valence electrons. The number of hydrogen-bond acceptors (Lipinski definition) is 9. The number of ether oxygens (including phenoxy) is 1. The largest absolute Gasteiger partial charge is 0.491 e. The van der Waals surface area contributed by atoms with Gasteiger partial charge in [0.25, 0.3) is 11.6 Å². The molecule has 0 aliphatic carbocycles. The second-order valence-corrected chi connectivity index (χ2v) is 7.96. The highest BCUT2D eigenvalue weighted by molar-refractivity contribution is 6.03. The number of hydrogen-bond donors (Lipinski definition) is 1. The molecule has 14 nitrogen and oxygen atoms in total. The highest BCUT2D eigenvalue weighted by Gasteiger charge is 2.17. The number of nitro benzene ring substituents is 1. The Balaban J connectivity index is 1.53. The van der Waals surface area contributed by atoms with Crippen LogP contribution in [0.25, 0.3) is 0 Å². The van der Waals surface area contributed by atoms with Crippen molar-refractivity contribution in [3.05, 3.63) is 91.5 Å². The fraction of sp³-hybridized carbons (Fsp3) is 0.182. The number of nitrogens with one attached hydrogen (secondary N) is 1. The molecule has 0 saturated heterocycles. The molecule has 0 atom stereocenters. The second-order valence-electron chi connectivity index (χ2n) is 7.96. The summed E-state index contributed by atoms with van der Waals surface area (Å²) in [6.45, 7) is 5.73. The van der Waals surface area contributed by atoms with E-state index >= 15 is 0 Å². The molecule has 1 amide bonds. The number of benzene rings is 2. The van der Waals surface area contributed by atoms with Gasteiger partial charge in [0.15, 0.2) is 12.4 Å². The van der Waals surface area contributed by atoms with Crippen molar-refractivity contribution in [3.63, 3.8) is 0 Å². The van der Waals surface area contributed by atoms with Gasteiger partial charge in [0.05, 0.1) is 16.7 Å². The van der Waals surface area contributed by atoms with Crippen molar-refractivity contribution in [1.29, 1.82) is 0 Å². The molecule has 2 aromatic carbocycles. The molecule has 0 spiro atoms. The maximum absolute atomic E-state index is 12.7. The van der Waals surface area contributed by atoms with E-state index in [2.05, 4.69) is 20.5 Å². The van der Waals surface area contributed by atoms with E-state index in [4.69, 9.17) is 4.74 Å². The highest BCUT2D eigenvalue weighted by atomic mass is 16.6. The van der Waals surface area contributed by atoms with Gasteiger partial charge < -0.3 is 20.2 Å². The van der Waals surface area contributed by atoms with Crippen LogP contribution in [-0.4, -0.2) is 40.3 Å². The minimum Gasteiger partial charge on any atom is -0.457 e. The van der Waals surface area contributed by atoms with Crippen molar-refractivity contribution >= 4 is 23.2 Å². The molecular weight excluding hydrogens is 472 g/mol. The fourth-order valence-corrected chi connectivity index (χ4v) is 3.40. The standard InChI is InChI=1S/C22H20N8O6/c1-13-6-14(2)15(3)20(7-13)36-18-9-16(8-17(10-18)29(32)33)24-21(31)19-4-5-27(25-19)12-28-11-23-22(26-28)30(34)35/h4-11H,12H2,1-3H3,(H,24,31). The average Bonchev–Trinajstić information content (AvgIpc) is 3.47. The van der Waals surface area contributed by atoms with Crippen molar-refractivity contribution in [2.45, 2.75) is 27.4 Å². The van der Waals surface area contributed by atoms with Crippen LogP contribution >= 0.6 is 0 Å². The zero-order valence-electron chi connectivity index (χ0n) is 19.4. The molecule has 2 aromatic heterocycles. The highest BCUT2D eigenvalue weighted by Crippen LogP contribution is 2.33. The molecule has 0 radical (unpaired) electrons. The van der Waals surface area contributed by atoms with E-state index < -0.39 is 21.7 Å². The van der Waals surface area contributed by atoms with Gasteiger partial charge in [-0.3, -0.25) is 14.9 Å². The molecule has 2 heterocycles. The Morgan fingerprint density at radius 1 is 1.03 bits per heavy atom. The number of anilines is 1. The average molecular weight is 492 g/mol. The lowest BCUT2D eigenvalue weighted by molar-refractivity contribution is -0.394. The topological polar surface area (TPSA) is 173 Å². The summed E-state index contributed by atoms with van der Waals surface area (Å²) in [5.74, 6) is -0.435. The molecule has 4 aromatic rings. The van der Waals surface area contributed by atoms with Gasteiger partial charge in [-0.25, -0.2) is 4.68 Å².